The van der Waals surface area contributed by atoms with Crippen molar-refractivity contribution < 1.29 is 0 Å². The van der Waals surface area contributed by atoms with Crippen LogP contribution in [0.25, 0.3) is 88.5 Å². The zero-order valence-electron chi connectivity index (χ0n) is 24.9. The first kappa shape index (κ1) is 26.2. The minimum absolute atomic E-state index is 0.821. The number of hydrogen-bond donors (Lipinski definition) is 0. The van der Waals surface area contributed by atoms with Crippen molar-refractivity contribution in [2.75, 3.05) is 0 Å². The summed E-state index contributed by atoms with van der Waals surface area (Å²) < 4.78 is 0. The number of pyridine rings is 3. The van der Waals surface area contributed by atoms with Gasteiger partial charge in [0.15, 0.2) is 0 Å². The number of benzene rings is 6. The lowest BCUT2D eigenvalue weighted by Gasteiger charge is -2.16. The highest BCUT2D eigenvalue weighted by molar-refractivity contribution is 6.25. The molecule has 0 amide bonds. The van der Waals surface area contributed by atoms with E-state index in [2.05, 4.69) is 125 Å². The molecule has 0 bridgehead atoms. The Morgan fingerprint density at radius 3 is 1.54 bits per heavy atom. The van der Waals surface area contributed by atoms with Crippen LogP contribution in [0.4, 0.5) is 0 Å². The maximum absolute atomic E-state index is 4.94. The second-order valence-corrected chi connectivity index (χ2v) is 11.6. The van der Waals surface area contributed by atoms with Crippen molar-refractivity contribution >= 4 is 32.3 Å². The van der Waals surface area contributed by atoms with Gasteiger partial charge in [0.05, 0.1) is 22.8 Å². The largest absolute Gasteiger partial charge is 0.255 e. The maximum atomic E-state index is 4.94. The first-order valence-electron chi connectivity index (χ1n) is 15.5. The lowest BCUT2D eigenvalue weighted by atomic mass is 9.87. The molecule has 3 nitrogen and oxygen atoms in total. The van der Waals surface area contributed by atoms with Gasteiger partial charge in [-0.2, -0.15) is 0 Å². The number of hydrogen-bond acceptors (Lipinski definition) is 3. The van der Waals surface area contributed by atoms with Crippen molar-refractivity contribution in [1.82, 2.24) is 15.0 Å². The van der Waals surface area contributed by atoms with Gasteiger partial charge in [0.25, 0.3) is 0 Å². The lowest BCUT2D eigenvalue weighted by Crippen LogP contribution is -1.94. The minimum Gasteiger partial charge on any atom is -0.255 e. The molecule has 0 saturated heterocycles. The molecule has 0 saturated carbocycles. The van der Waals surface area contributed by atoms with Gasteiger partial charge in [0.2, 0.25) is 0 Å². The second kappa shape index (κ2) is 10.8. The van der Waals surface area contributed by atoms with E-state index in [1.54, 1.807) is 12.4 Å². The number of nitrogens with zero attached hydrogens (tertiary/aromatic N) is 3. The SMILES string of the molecule is c1ccc(-c2cc(-c3ccc(-c4ccccc4-c4ccc5ccc6cccc7ccc4c5c67)cc3)cc(-c3ccccn3)n2)nc1. The van der Waals surface area contributed by atoms with Gasteiger partial charge in [0, 0.05) is 12.4 Å². The molecule has 0 aliphatic heterocycles. The van der Waals surface area contributed by atoms with E-state index in [0.29, 0.717) is 0 Å². The Kier molecular flexibility index (Phi) is 6.14. The molecule has 6 aromatic carbocycles. The fourth-order valence-corrected chi connectivity index (χ4v) is 6.77. The number of aromatic nitrogens is 3. The zero-order chi connectivity index (χ0) is 30.5. The van der Waals surface area contributed by atoms with Crippen LogP contribution in [0.3, 0.4) is 0 Å². The van der Waals surface area contributed by atoms with Gasteiger partial charge < -0.3 is 0 Å². The van der Waals surface area contributed by atoms with E-state index >= 15 is 0 Å². The molecule has 0 atom stereocenters. The summed E-state index contributed by atoms with van der Waals surface area (Å²) in [6.45, 7) is 0. The van der Waals surface area contributed by atoms with Crippen LogP contribution in [-0.2, 0) is 0 Å². The fraction of sp³-hybridized carbons (Fsp3) is 0. The lowest BCUT2D eigenvalue weighted by molar-refractivity contribution is 1.22. The number of rotatable bonds is 5. The van der Waals surface area contributed by atoms with Crippen LogP contribution in [0.2, 0.25) is 0 Å². The van der Waals surface area contributed by atoms with E-state index < -0.39 is 0 Å². The van der Waals surface area contributed by atoms with Gasteiger partial charge in [-0.1, -0.05) is 115 Å². The van der Waals surface area contributed by atoms with Gasteiger partial charge in [0.1, 0.15) is 0 Å². The molecule has 0 unspecified atom stereocenters. The van der Waals surface area contributed by atoms with E-state index in [9.17, 15) is 0 Å². The van der Waals surface area contributed by atoms with E-state index in [1.807, 2.05) is 36.4 Å². The summed E-state index contributed by atoms with van der Waals surface area (Å²) in [6.07, 6.45) is 3.61. The van der Waals surface area contributed by atoms with E-state index in [1.165, 1.54) is 54.6 Å². The molecule has 0 radical (unpaired) electrons. The highest BCUT2D eigenvalue weighted by Crippen LogP contribution is 2.42. The van der Waals surface area contributed by atoms with Crippen LogP contribution in [-0.4, -0.2) is 15.0 Å². The summed E-state index contributed by atoms with van der Waals surface area (Å²) in [5, 5.41) is 7.80. The molecule has 3 heteroatoms. The molecule has 3 aromatic heterocycles. The molecule has 0 aliphatic rings. The van der Waals surface area contributed by atoms with Gasteiger partial charge in [-0.15, -0.1) is 0 Å². The molecule has 0 fully saturated rings. The van der Waals surface area contributed by atoms with Crippen LogP contribution in [0, 0.1) is 0 Å². The second-order valence-electron chi connectivity index (χ2n) is 11.6. The molecule has 0 aliphatic carbocycles. The summed E-state index contributed by atoms with van der Waals surface area (Å²) in [5.41, 5.74) is 10.4. The summed E-state index contributed by atoms with van der Waals surface area (Å²) in [5.74, 6) is 0. The highest BCUT2D eigenvalue weighted by Gasteiger charge is 2.15. The minimum atomic E-state index is 0.821. The predicted molar refractivity (Wildman–Crippen MR) is 191 cm³/mol. The molecule has 9 aromatic rings. The third kappa shape index (κ3) is 4.41. The van der Waals surface area contributed by atoms with Crippen molar-refractivity contribution in [3.63, 3.8) is 0 Å². The van der Waals surface area contributed by atoms with E-state index in [-0.39, 0.29) is 0 Å². The molecular weight excluding hydrogens is 558 g/mol. The third-order valence-corrected chi connectivity index (χ3v) is 8.96. The molecule has 46 heavy (non-hydrogen) atoms. The Morgan fingerprint density at radius 1 is 0.326 bits per heavy atom. The molecule has 214 valence electrons. The monoisotopic (exact) mass is 585 g/mol. The predicted octanol–water partition coefficient (Wildman–Crippen LogP) is 11.1. The van der Waals surface area contributed by atoms with Crippen LogP contribution in [0.1, 0.15) is 0 Å². The quantitative estimate of drug-likeness (QED) is 0.189. The standard InChI is InChI=1S/C43H27N3/c1-2-11-35(36-22-20-32-19-18-30-8-7-9-31-21-23-37(36)43(32)42(30)31)34(10-1)29-16-14-28(15-17-29)33-26-40(38-12-3-5-24-44-38)46-41(27-33)39-13-4-6-25-45-39/h1-27H. The van der Waals surface area contributed by atoms with Crippen LogP contribution in [0.15, 0.2) is 164 Å². The Hall–Kier alpha value is -6.19. The highest BCUT2D eigenvalue weighted by atomic mass is 14.8. The molecule has 3 heterocycles. The molecular formula is C43H27N3. The van der Waals surface area contributed by atoms with Crippen molar-refractivity contribution in [1.29, 1.82) is 0 Å². The van der Waals surface area contributed by atoms with Crippen LogP contribution < -0.4 is 0 Å². The van der Waals surface area contributed by atoms with Crippen molar-refractivity contribution in [2.45, 2.75) is 0 Å². The topological polar surface area (TPSA) is 38.7 Å². The summed E-state index contributed by atoms with van der Waals surface area (Å²) in [6, 6.07) is 53.8. The first-order valence-corrected chi connectivity index (χ1v) is 15.5. The van der Waals surface area contributed by atoms with Gasteiger partial charge >= 0.3 is 0 Å². The third-order valence-electron chi connectivity index (χ3n) is 8.96. The van der Waals surface area contributed by atoms with E-state index in [0.717, 1.165) is 33.9 Å². The van der Waals surface area contributed by atoms with Crippen molar-refractivity contribution in [2.24, 2.45) is 0 Å². The fourth-order valence-electron chi connectivity index (χ4n) is 6.77. The van der Waals surface area contributed by atoms with Gasteiger partial charge in [-0.05, 0) is 102 Å². The molecule has 0 spiro atoms. The average molecular weight is 586 g/mol. The van der Waals surface area contributed by atoms with Crippen molar-refractivity contribution in [3.05, 3.63) is 164 Å². The van der Waals surface area contributed by atoms with Crippen LogP contribution >= 0.6 is 0 Å². The Labute approximate surface area is 266 Å². The van der Waals surface area contributed by atoms with Gasteiger partial charge in [-0.25, -0.2) is 4.98 Å². The average Bonchev–Trinajstić information content (AvgIpc) is 3.14. The summed E-state index contributed by atoms with van der Waals surface area (Å²) in [4.78, 5) is 14.1. The van der Waals surface area contributed by atoms with Gasteiger partial charge in [-0.3, -0.25) is 9.97 Å². The van der Waals surface area contributed by atoms with Crippen molar-refractivity contribution in [3.8, 4) is 56.2 Å². The Bertz CT molecular complexity index is 2430. The molecule has 0 N–H and O–H groups in total. The first-order chi connectivity index (χ1) is 22.8. The summed E-state index contributed by atoms with van der Waals surface area (Å²) >= 11 is 0. The van der Waals surface area contributed by atoms with E-state index in [4.69, 9.17) is 4.98 Å². The zero-order valence-corrected chi connectivity index (χ0v) is 24.9. The van der Waals surface area contributed by atoms with Crippen LogP contribution in [0.5, 0.6) is 0 Å². The Balaban J connectivity index is 1.16. The molecule has 9 rings (SSSR count). The normalized spacial score (nSPS) is 11.5. The Morgan fingerprint density at radius 2 is 0.891 bits per heavy atom. The summed E-state index contributed by atoms with van der Waals surface area (Å²) in [7, 11) is 0. The maximum Gasteiger partial charge on any atom is 0.0900 e. The smallest absolute Gasteiger partial charge is 0.0900 e.